The highest BCUT2D eigenvalue weighted by atomic mass is 19.4. The lowest BCUT2D eigenvalue weighted by molar-refractivity contribution is -0.427. The van der Waals surface area contributed by atoms with Crippen molar-refractivity contribution < 1.29 is 71.0 Å². The SMILES string of the molecule is C=C(C(=O)OCCC(F)(F)C(F)(F)C(F)(C(F)(F)F)C(F)(F)F)C(F)(F)F. The van der Waals surface area contributed by atoms with E-state index in [1.54, 1.807) is 0 Å². The summed E-state index contributed by atoms with van der Waals surface area (Å²) < 4.78 is 179. The molecule has 2 nitrogen and oxygen atoms in total. The third-order valence-electron chi connectivity index (χ3n) is 2.91. The predicted molar refractivity (Wildman–Crippen MR) is 56.6 cm³/mol. The lowest BCUT2D eigenvalue weighted by Crippen LogP contribution is -2.70. The zero-order valence-corrected chi connectivity index (χ0v) is 12.2. The monoisotopic (exact) mass is 436 g/mol. The van der Waals surface area contributed by atoms with Crippen LogP contribution in [0.5, 0.6) is 0 Å². The largest absolute Gasteiger partial charge is 0.462 e. The first-order chi connectivity index (χ1) is 11.5. The molecular formula is C11H6F14O2. The second kappa shape index (κ2) is 7.00. The maximum atomic E-state index is 13.2. The summed E-state index contributed by atoms with van der Waals surface area (Å²) in [7, 11) is 0. The van der Waals surface area contributed by atoms with Crippen LogP contribution in [0.15, 0.2) is 12.2 Å². The zero-order chi connectivity index (χ0) is 22.3. The second-order valence-corrected chi connectivity index (χ2v) is 4.80. The normalized spacial score (nSPS) is 14.9. The van der Waals surface area contributed by atoms with Crippen molar-refractivity contribution >= 4 is 5.97 Å². The Labute approximate surface area is 139 Å². The highest BCUT2D eigenvalue weighted by Gasteiger charge is 2.89. The van der Waals surface area contributed by atoms with Gasteiger partial charge in [-0.2, -0.15) is 57.1 Å². The van der Waals surface area contributed by atoms with Crippen LogP contribution in [0, 0.1) is 0 Å². The number of hydrogen-bond acceptors (Lipinski definition) is 2. The van der Waals surface area contributed by atoms with E-state index in [-0.39, 0.29) is 0 Å². The maximum absolute atomic E-state index is 13.2. The number of rotatable bonds is 6. The van der Waals surface area contributed by atoms with Crippen LogP contribution in [-0.2, 0) is 9.53 Å². The van der Waals surface area contributed by atoms with Crippen molar-refractivity contribution in [3.63, 3.8) is 0 Å². The molecule has 0 aliphatic carbocycles. The third kappa shape index (κ3) is 4.56. The van der Waals surface area contributed by atoms with Crippen molar-refractivity contribution in [2.24, 2.45) is 0 Å². The van der Waals surface area contributed by atoms with E-state index in [4.69, 9.17) is 0 Å². The summed E-state index contributed by atoms with van der Waals surface area (Å²) in [4.78, 5) is 10.7. The van der Waals surface area contributed by atoms with E-state index in [0.717, 1.165) is 0 Å². The summed E-state index contributed by atoms with van der Waals surface area (Å²) in [6, 6.07) is 0. The molecule has 27 heavy (non-hydrogen) atoms. The highest BCUT2D eigenvalue weighted by Crippen LogP contribution is 2.59. The lowest BCUT2D eigenvalue weighted by Gasteiger charge is -2.39. The number of hydrogen-bond donors (Lipinski definition) is 0. The minimum Gasteiger partial charge on any atom is -0.462 e. The van der Waals surface area contributed by atoms with Gasteiger partial charge in [-0.05, 0) is 0 Å². The molecule has 0 aromatic heterocycles. The molecule has 0 spiro atoms. The molecule has 0 radical (unpaired) electrons. The quantitative estimate of drug-likeness (QED) is 0.328. The molecule has 0 aliphatic rings. The summed E-state index contributed by atoms with van der Waals surface area (Å²) >= 11 is 0. The Kier molecular flexibility index (Phi) is 6.54. The number of alkyl halides is 14. The third-order valence-corrected chi connectivity index (χ3v) is 2.91. The van der Waals surface area contributed by atoms with E-state index in [1.807, 2.05) is 0 Å². The molecule has 0 heterocycles. The Balaban J connectivity index is 5.56. The molecule has 160 valence electrons. The molecule has 0 bridgehead atoms. The molecule has 0 aromatic carbocycles. The number of esters is 1. The number of ether oxygens (including phenoxy) is 1. The van der Waals surface area contributed by atoms with Gasteiger partial charge in [-0.15, -0.1) is 0 Å². The van der Waals surface area contributed by atoms with Crippen LogP contribution in [0.4, 0.5) is 61.5 Å². The fourth-order valence-corrected chi connectivity index (χ4v) is 1.40. The summed E-state index contributed by atoms with van der Waals surface area (Å²) in [6.07, 6.45) is -23.4. The molecule has 0 aromatic rings. The Morgan fingerprint density at radius 1 is 0.741 bits per heavy atom. The van der Waals surface area contributed by atoms with Gasteiger partial charge in [0.05, 0.1) is 13.0 Å². The fraction of sp³-hybridized carbons (Fsp3) is 0.727. The smallest absolute Gasteiger partial charge is 0.438 e. The Hall–Kier alpha value is -1.77. The first-order valence-corrected chi connectivity index (χ1v) is 6.05. The van der Waals surface area contributed by atoms with Crippen LogP contribution in [0.1, 0.15) is 6.42 Å². The van der Waals surface area contributed by atoms with E-state index in [1.165, 1.54) is 0 Å². The molecule has 16 heteroatoms. The predicted octanol–water partition coefficient (Wildman–Crippen LogP) is 5.14. The van der Waals surface area contributed by atoms with E-state index in [0.29, 0.717) is 0 Å². The van der Waals surface area contributed by atoms with Gasteiger partial charge in [-0.1, -0.05) is 6.58 Å². The van der Waals surface area contributed by atoms with Gasteiger partial charge in [0.15, 0.2) is 0 Å². The van der Waals surface area contributed by atoms with E-state index < -0.39 is 60.6 Å². The molecule has 0 unspecified atom stereocenters. The minimum atomic E-state index is -7.70. The highest BCUT2D eigenvalue weighted by molar-refractivity contribution is 5.89. The summed E-state index contributed by atoms with van der Waals surface area (Å²) in [5, 5.41) is 0. The van der Waals surface area contributed by atoms with E-state index >= 15 is 0 Å². The van der Waals surface area contributed by atoms with E-state index in [9.17, 15) is 66.3 Å². The van der Waals surface area contributed by atoms with Gasteiger partial charge in [0.1, 0.15) is 5.57 Å². The molecule has 0 rings (SSSR count). The molecule has 0 saturated carbocycles. The van der Waals surface area contributed by atoms with Gasteiger partial charge in [-0.3, -0.25) is 0 Å². The average Bonchev–Trinajstić information content (AvgIpc) is 2.41. The summed E-state index contributed by atoms with van der Waals surface area (Å²) in [6.45, 7) is -0.105. The van der Waals surface area contributed by atoms with Crippen molar-refractivity contribution in [3.8, 4) is 0 Å². The molecule has 0 N–H and O–H groups in total. The van der Waals surface area contributed by atoms with Crippen LogP contribution >= 0.6 is 0 Å². The van der Waals surface area contributed by atoms with Crippen molar-refractivity contribution in [2.45, 2.75) is 42.5 Å². The molecule has 0 aliphatic heterocycles. The van der Waals surface area contributed by atoms with Crippen LogP contribution in [0.25, 0.3) is 0 Å². The molecular weight excluding hydrogens is 430 g/mol. The number of halogens is 14. The van der Waals surface area contributed by atoms with Crippen LogP contribution < -0.4 is 0 Å². The van der Waals surface area contributed by atoms with Gasteiger partial charge >= 0.3 is 42.0 Å². The zero-order valence-electron chi connectivity index (χ0n) is 12.2. The average molecular weight is 436 g/mol. The van der Waals surface area contributed by atoms with Crippen molar-refractivity contribution in [2.75, 3.05) is 6.61 Å². The standard InChI is InChI=1S/C11H6F14O2/c1-4(7(14,15)16)5(26)27-3-2-6(12,13)9(18,19)8(17,10(20,21)22)11(23,24)25/h1-3H2. The van der Waals surface area contributed by atoms with Gasteiger partial charge < -0.3 is 4.74 Å². The van der Waals surface area contributed by atoms with Gasteiger partial charge in [0.25, 0.3) is 0 Å². The Bertz CT molecular complexity index is 553. The Morgan fingerprint density at radius 3 is 1.41 bits per heavy atom. The van der Waals surface area contributed by atoms with Gasteiger partial charge in [-0.25, -0.2) is 9.18 Å². The summed E-state index contributed by atoms with van der Waals surface area (Å²) in [5.41, 5.74) is -10.0. The van der Waals surface area contributed by atoms with Crippen molar-refractivity contribution in [1.29, 1.82) is 0 Å². The van der Waals surface area contributed by atoms with Crippen LogP contribution in [-0.4, -0.2) is 48.6 Å². The number of carbonyl (C=O) groups excluding carboxylic acids is 1. The topological polar surface area (TPSA) is 26.3 Å². The van der Waals surface area contributed by atoms with Crippen molar-refractivity contribution in [3.05, 3.63) is 12.2 Å². The van der Waals surface area contributed by atoms with Crippen LogP contribution in [0.3, 0.4) is 0 Å². The fourth-order valence-electron chi connectivity index (χ4n) is 1.40. The van der Waals surface area contributed by atoms with Gasteiger partial charge in [0, 0.05) is 0 Å². The molecule has 0 atom stereocenters. The first-order valence-electron chi connectivity index (χ1n) is 6.05. The maximum Gasteiger partial charge on any atom is 0.438 e. The summed E-state index contributed by atoms with van der Waals surface area (Å²) in [5.74, 6) is -16.4. The van der Waals surface area contributed by atoms with Crippen molar-refractivity contribution in [1.82, 2.24) is 0 Å². The van der Waals surface area contributed by atoms with Gasteiger partial charge in [0.2, 0.25) is 0 Å². The molecule has 0 amide bonds. The number of carbonyl (C=O) groups is 1. The second-order valence-electron chi connectivity index (χ2n) is 4.80. The van der Waals surface area contributed by atoms with E-state index in [2.05, 4.69) is 11.3 Å². The molecule has 0 saturated heterocycles. The lowest BCUT2D eigenvalue weighted by atomic mass is 9.89. The first kappa shape index (κ1) is 25.2. The Morgan fingerprint density at radius 2 is 1.11 bits per heavy atom. The minimum absolute atomic E-state index is 2.10. The van der Waals surface area contributed by atoms with Crippen LogP contribution in [0.2, 0.25) is 0 Å². The molecule has 0 fully saturated rings.